The average Bonchev–Trinajstić information content (AvgIpc) is 3.00. The Morgan fingerprint density at radius 2 is 2.14 bits per heavy atom. The van der Waals surface area contributed by atoms with Crippen molar-refractivity contribution in [3.63, 3.8) is 0 Å². The van der Waals surface area contributed by atoms with Gasteiger partial charge >= 0.3 is 0 Å². The molecule has 0 N–H and O–H groups in total. The first-order chi connectivity index (χ1) is 6.72. The van der Waals surface area contributed by atoms with Crippen LogP contribution in [0, 0.1) is 6.92 Å². The first kappa shape index (κ1) is 9.25. The van der Waals surface area contributed by atoms with E-state index in [-0.39, 0.29) is 0 Å². The van der Waals surface area contributed by atoms with Crippen LogP contribution < -0.4 is 4.90 Å². The first-order valence-electron chi connectivity index (χ1n) is 5.01. The summed E-state index contributed by atoms with van der Waals surface area (Å²) in [4.78, 5) is 12.9. The molecule has 2 rings (SSSR count). The van der Waals surface area contributed by atoms with E-state index < -0.39 is 0 Å². The summed E-state index contributed by atoms with van der Waals surface area (Å²) in [5.74, 6) is 0. The molecule has 0 saturated heterocycles. The molecule has 1 fully saturated rings. The van der Waals surface area contributed by atoms with Gasteiger partial charge in [-0.3, -0.25) is 4.79 Å². The highest BCUT2D eigenvalue weighted by molar-refractivity contribution is 5.78. The topological polar surface area (TPSA) is 20.3 Å². The number of carbonyl (C=O) groups is 1. The van der Waals surface area contributed by atoms with E-state index in [4.69, 9.17) is 0 Å². The van der Waals surface area contributed by atoms with Crippen LogP contribution in [0.15, 0.2) is 18.2 Å². The molecule has 2 nitrogen and oxygen atoms in total. The summed E-state index contributed by atoms with van der Waals surface area (Å²) in [6.07, 6.45) is 3.51. The average molecular weight is 189 g/mol. The van der Waals surface area contributed by atoms with Gasteiger partial charge in [-0.1, -0.05) is 0 Å². The second-order valence-corrected chi connectivity index (χ2v) is 4.00. The van der Waals surface area contributed by atoms with Crippen molar-refractivity contribution in [1.29, 1.82) is 0 Å². The van der Waals surface area contributed by atoms with Gasteiger partial charge in [0.25, 0.3) is 0 Å². The molecule has 2 heteroatoms. The molecule has 0 heterocycles. The smallest absolute Gasteiger partial charge is 0.150 e. The van der Waals surface area contributed by atoms with Gasteiger partial charge in [0.2, 0.25) is 0 Å². The number of anilines is 1. The highest BCUT2D eigenvalue weighted by Crippen LogP contribution is 2.30. The van der Waals surface area contributed by atoms with Gasteiger partial charge in [0.15, 0.2) is 0 Å². The predicted molar refractivity (Wildman–Crippen MR) is 58.0 cm³/mol. The molecule has 74 valence electrons. The van der Waals surface area contributed by atoms with Gasteiger partial charge < -0.3 is 4.90 Å². The van der Waals surface area contributed by atoms with Crippen LogP contribution in [0.25, 0.3) is 0 Å². The molecule has 1 aliphatic carbocycles. The van der Waals surface area contributed by atoms with Crippen molar-refractivity contribution in [2.45, 2.75) is 25.8 Å². The standard InChI is InChI=1S/C12H15NO/c1-9-7-12(4-3-10(9)8-14)13(2)11-5-6-11/h3-4,7-8,11H,5-6H2,1-2H3. The van der Waals surface area contributed by atoms with Crippen molar-refractivity contribution in [3.05, 3.63) is 29.3 Å². The predicted octanol–water partition coefficient (Wildman–Crippen LogP) is 2.41. The lowest BCUT2D eigenvalue weighted by Crippen LogP contribution is -2.19. The Labute approximate surface area is 84.5 Å². The zero-order chi connectivity index (χ0) is 10.1. The Kier molecular flexibility index (Phi) is 2.28. The minimum absolute atomic E-state index is 0.719. The summed E-state index contributed by atoms with van der Waals surface area (Å²) in [5.41, 5.74) is 3.07. The lowest BCUT2D eigenvalue weighted by molar-refractivity contribution is 0.112. The van der Waals surface area contributed by atoms with Crippen molar-refractivity contribution in [2.75, 3.05) is 11.9 Å². The van der Waals surface area contributed by atoms with E-state index >= 15 is 0 Å². The molecule has 0 amide bonds. The van der Waals surface area contributed by atoms with Crippen molar-refractivity contribution < 1.29 is 4.79 Å². The van der Waals surface area contributed by atoms with Crippen molar-refractivity contribution in [3.8, 4) is 0 Å². The second kappa shape index (κ2) is 3.45. The quantitative estimate of drug-likeness (QED) is 0.680. The Hall–Kier alpha value is -1.31. The SMILES string of the molecule is Cc1cc(N(C)C2CC2)ccc1C=O. The van der Waals surface area contributed by atoms with Gasteiger partial charge in [0, 0.05) is 24.3 Å². The zero-order valence-electron chi connectivity index (χ0n) is 8.66. The number of aldehydes is 1. The summed E-state index contributed by atoms with van der Waals surface area (Å²) in [6.45, 7) is 1.98. The highest BCUT2D eigenvalue weighted by atomic mass is 16.1. The zero-order valence-corrected chi connectivity index (χ0v) is 8.66. The number of hydrogen-bond donors (Lipinski definition) is 0. The van der Waals surface area contributed by atoms with E-state index in [1.165, 1.54) is 18.5 Å². The Balaban J connectivity index is 2.26. The van der Waals surface area contributed by atoms with Gasteiger partial charge in [0.05, 0.1) is 0 Å². The largest absolute Gasteiger partial charge is 0.372 e. The van der Waals surface area contributed by atoms with Crippen LogP contribution in [0.2, 0.25) is 0 Å². The van der Waals surface area contributed by atoms with Gasteiger partial charge in [-0.05, 0) is 43.5 Å². The maximum Gasteiger partial charge on any atom is 0.150 e. The third-order valence-corrected chi connectivity index (χ3v) is 2.88. The lowest BCUT2D eigenvalue weighted by Gasteiger charge is -2.19. The molecule has 1 aromatic carbocycles. The Bertz CT molecular complexity index is 355. The van der Waals surface area contributed by atoms with Gasteiger partial charge in [-0.2, -0.15) is 0 Å². The molecule has 0 aliphatic heterocycles. The van der Waals surface area contributed by atoms with E-state index in [1.807, 2.05) is 19.1 Å². The maximum absolute atomic E-state index is 10.6. The third kappa shape index (κ3) is 1.65. The van der Waals surface area contributed by atoms with E-state index in [0.29, 0.717) is 0 Å². The molecule has 1 saturated carbocycles. The van der Waals surface area contributed by atoms with Crippen LogP contribution in [-0.2, 0) is 0 Å². The summed E-state index contributed by atoms with van der Waals surface area (Å²) in [5, 5.41) is 0. The van der Waals surface area contributed by atoms with E-state index in [9.17, 15) is 4.79 Å². The van der Waals surface area contributed by atoms with E-state index in [0.717, 1.165) is 23.5 Å². The molecule has 0 spiro atoms. The molecule has 0 bridgehead atoms. The van der Waals surface area contributed by atoms with Crippen molar-refractivity contribution in [2.24, 2.45) is 0 Å². The van der Waals surface area contributed by atoms with Crippen LogP contribution in [0.1, 0.15) is 28.8 Å². The number of carbonyl (C=O) groups excluding carboxylic acids is 1. The van der Waals surface area contributed by atoms with Gasteiger partial charge in [-0.25, -0.2) is 0 Å². The summed E-state index contributed by atoms with van der Waals surface area (Å²) < 4.78 is 0. The summed E-state index contributed by atoms with van der Waals surface area (Å²) in [7, 11) is 2.12. The molecule has 1 aromatic rings. The normalized spacial score (nSPS) is 15.3. The van der Waals surface area contributed by atoms with Crippen LogP contribution in [0.5, 0.6) is 0 Å². The van der Waals surface area contributed by atoms with Crippen molar-refractivity contribution in [1.82, 2.24) is 0 Å². The number of benzene rings is 1. The number of hydrogen-bond acceptors (Lipinski definition) is 2. The molecule has 0 radical (unpaired) electrons. The number of aryl methyl sites for hydroxylation is 1. The Morgan fingerprint density at radius 1 is 1.43 bits per heavy atom. The summed E-state index contributed by atoms with van der Waals surface area (Å²) >= 11 is 0. The highest BCUT2D eigenvalue weighted by Gasteiger charge is 2.26. The summed E-state index contributed by atoms with van der Waals surface area (Å²) in [6, 6.07) is 6.73. The molecular formula is C12H15NO. The lowest BCUT2D eigenvalue weighted by atomic mass is 10.1. The molecule has 1 aliphatic rings. The molecule has 0 atom stereocenters. The van der Waals surface area contributed by atoms with Crippen LogP contribution >= 0.6 is 0 Å². The molecule has 14 heavy (non-hydrogen) atoms. The fourth-order valence-electron chi connectivity index (χ4n) is 1.68. The molecule has 0 unspecified atom stereocenters. The van der Waals surface area contributed by atoms with E-state index in [1.54, 1.807) is 0 Å². The van der Waals surface area contributed by atoms with E-state index in [2.05, 4.69) is 18.0 Å². The first-order valence-corrected chi connectivity index (χ1v) is 5.01. The van der Waals surface area contributed by atoms with Crippen LogP contribution in [-0.4, -0.2) is 19.4 Å². The number of nitrogens with zero attached hydrogens (tertiary/aromatic N) is 1. The Morgan fingerprint density at radius 3 is 2.64 bits per heavy atom. The number of rotatable bonds is 3. The van der Waals surface area contributed by atoms with Gasteiger partial charge in [0.1, 0.15) is 6.29 Å². The third-order valence-electron chi connectivity index (χ3n) is 2.88. The van der Waals surface area contributed by atoms with Crippen molar-refractivity contribution >= 4 is 12.0 Å². The fraction of sp³-hybridized carbons (Fsp3) is 0.417. The molecule has 0 aromatic heterocycles. The second-order valence-electron chi connectivity index (χ2n) is 4.00. The molecular weight excluding hydrogens is 174 g/mol. The maximum atomic E-state index is 10.6. The monoisotopic (exact) mass is 189 g/mol. The van der Waals surface area contributed by atoms with Crippen LogP contribution in [0.3, 0.4) is 0 Å². The fourth-order valence-corrected chi connectivity index (χ4v) is 1.68. The van der Waals surface area contributed by atoms with Gasteiger partial charge in [-0.15, -0.1) is 0 Å². The minimum atomic E-state index is 0.719. The van der Waals surface area contributed by atoms with Crippen LogP contribution in [0.4, 0.5) is 5.69 Å². The minimum Gasteiger partial charge on any atom is -0.372 e.